The number of hydrogen-bond acceptors (Lipinski definition) is 3. The van der Waals surface area contributed by atoms with Gasteiger partial charge in [0, 0.05) is 37.8 Å². The first-order valence-electron chi connectivity index (χ1n) is 9.81. The van der Waals surface area contributed by atoms with Gasteiger partial charge in [0.25, 0.3) is 5.91 Å². The van der Waals surface area contributed by atoms with Crippen molar-refractivity contribution >= 4 is 24.2 Å². The Bertz CT molecular complexity index is 651. The van der Waals surface area contributed by atoms with Gasteiger partial charge in [-0.3, -0.25) is 9.59 Å². The third-order valence-electron chi connectivity index (χ3n) is 5.74. The Morgan fingerprint density at radius 1 is 0.963 bits per heavy atom. The van der Waals surface area contributed by atoms with Gasteiger partial charge in [0.2, 0.25) is 5.91 Å². The van der Waals surface area contributed by atoms with E-state index in [0.717, 1.165) is 62.0 Å². The number of rotatable bonds is 3. The highest BCUT2D eigenvalue weighted by Gasteiger charge is 2.33. The van der Waals surface area contributed by atoms with E-state index in [9.17, 15) is 9.59 Å². The van der Waals surface area contributed by atoms with E-state index in [1.807, 2.05) is 42.8 Å². The molecule has 150 valence electrons. The van der Waals surface area contributed by atoms with E-state index in [0.29, 0.717) is 12.6 Å². The molecule has 5 nitrogen and oxygen atoms in total. The van der Waals surface area contributed by atoms with Crippen molar-refractivity contribution < 1.29 is 9.59 Å². The number of likely N-dealkylation sites (tertiary alicyclic amines) is 2. The SMILES string of the molecule is CNC1CCN(C(=O)C2CCCN(C(=O)c3cc(C)cc(C)c3)C2)CC1.Cl. The summed E-state index contributed by atoms with van der Waals surface area (Å²) >= 11 is 0. The summed E-state index contributed by atoms with van der Waals surface area (Å²) in [6.07, 6.45) is 3.82. The number of amides is 2. The Balaban J connectivity index is 0.00000261. The Morgan fingerprint density at radius 2 is 1.59 bits per heavy atom. The van der Waals surface area contributed by atoms with Crippen molar-refractivity contribution in [2.24, 2.45) is 5.92 Å². The van der Waals surface area contributed by atoms with Crippen molar-refractivity contribution in [3.05, 3.63) is 34.9 Å². The van der Waals surface area contributed by atoms with Gasteiger partial charge >= 0.3 is 0 Å². The quantitative estimate of drug-likeness (QED) is 0.859. The number of nitrogens with one attached hydrogen (secondary N) is 1. The zero-order valence-electron chi connectivity index (χ0n) is 16.7. The summed E-state index contributed by atoms with van der Waals surface area (Å²) < 4.78 is 0. The Hall–Kier alpha value is -1.59. The highest BCUT2D eigenvalue weighted by atomic mass is 35.5. The minimum absolute atomic E-state index is 0. The predicted molar refractivity (Wildman–Crippen MR) is 110 cm³/mol. The molecule has 1 aromatic rings. The van der Waals surface area contributed by atoms with E-state index in [1.165, 1.54) is 0 Å². The molecule has 1 unspecified atom stereocenters. The molecule has 0 radical (unpaired) electrons. The first-order valence-corrected chi connectivity index (χ1v) is 9.81. The van der Waals surface area contributed by atoms with Crippen LogP contribution in [0.15, 0.2) is 18.2 Å². The van der Waals surface area contributed by atoms with Crippen LogP contribution >= 0.6 is 12.4 Å². The molecule has 0 saturated carbocycles. The minimum atomic E-state index is -0.0512. The van der Waals surface area contributed by atoms with Gasteiger partial charge < -0.3 is 15.1 Å². The van der Waals surface area contributed by atoms with Crippen LogP contribution in [0.4, 0.5) is 0 Å². The number of nitrogens with zero attached hydrogens (tertiary/aromatic N) is 2. The van der Waals surface area contributed by atoms with Crippen molar-refractivity contribution in [3.8, 4) is 0 Å². The van der Waals surface area contributed by atoms with Gasteiger partial charge in [-0.2, -0.15) is 0 Å². The molecule has 0 bridgehead atoms. The Kier molecular flexibility index (Phi) is 7.68. The van der Waals surface area contributed by atoms with Crippen molar-refractivity contribution in [1.29, 1.82) is 0 Å². The number of benzene rings is 1. The molecular formula is C21H32ClN3O2. The van der Waals surface area contributed by atoms with Gasteiger partial charge in [-0.05, 0) is 58.7 Å². The fraction of sp³-hybridized carbons (Fsp3) is 0.619. The molecule has 0 aromatic heterocycles. The van der Waals surface area contributed by atoms with E-state index in [4.69, 9.17) is 0 Å². The van der Waals surface area contributed by atoms with Gasteiger partial charge in [-0.15, -0.1) is 12.4 Å². The summed E-state index contributed by atoms with van der Waals surface area (Å²) in [5.74, 6) is 0.241. The van der Waals surface area contributed by atoms with E-state index in [1.54, 1.807) is 0 Å². The highest BCUT2D eigenvalue weighted by molar-refractivity contribution is 5.95. The summed E-state index contributed by atoms with van der Waals surface area (Å²) in [6, 6.07) is 6.49. The van der Waals surface area contributed by atoms with Gasteiger partial charge in [0.1, 0.15) is 0 Å². The van der Waals surface area contributed by atoms with Crippen LogP contribution in [0.25, 0.3) is 0 Å². The molecule has 2 fully saturated rings. The van der Waals surface area contributed by atoms with Crippen LogP contribution in [0.1, 0.15) is 47.2 Å². The van der Waals surface area contributed by atoms with Gasteiger partial charge in [-0.1, -0.05) is 17.2 Å². The molecule has 2 amide bonds. The fourth-order valence-corrected chi connectivity index (χ4v) is 4.29. The molecule has 1 atom stereocenters. The second kappa shape index (κ2) is 9.56. The van der Waals surface area contributed by atoms with Crippen molar-refractivity contribution in [2.75, 3.05) is 33.2 Å². The first kappa shape index (κ1) is 21.7. The average molecular weight is 394 g/mol. The number of carbonyl (C=O) groups is 2. The van der Waals surface area contributed by atoms with Crippen LogP contribution in [0.5, 0.6) is 0 Å². The number of halogens is 1. The normalized spacial score (nSPS) is 20.9. The standard InChI is InChI=1S/C21H31N3O2.ClH/c1-15-11-16(2)13-18(12-15)21(26)24-8-4-5-17(14-24)20(25)23-9-6-19(22-3)7-10-23;/h11-13,17,19,22H,4-10,14H2,1-3H3;1H. The molecule has 0 spiro atoms. The van der Waals surface area contributed by atoms with Gasteiger partial charge in [0.15, 0.2) is 0 Å². The summed E-state index contributed by atoms with van der Waals surface area (Å²) in [5, 5.41) is 3.30. The smallest absolute Gasteiger partial charge is 0.253 e. The largest absolute Gasteiger partial charge is 0.342 e. The topological polar surface area (TPSA) is 52.7 Å². The number of hydrogen-bond donors (Lipinski definition) is 1. The lowest BCUT2D eigenvalue weighted by molar-refractivity contribution is -0.138. The molecule has 2 saturated heterocycles. The maximum absolute atomic E-state index is 12.9. The van der Waals surface area contributed by atoms with Crippen LogP contribution < -0.4 is 5.32 Å². The Morgan fingerprint density at radius 3 is 2.19 bits per heavy atom. The van der Waals surface area contributed by atoms with Crippen LogP contribution in [-0.4, -0.2) is 60.9 Å². The first-order chi connectivity index (χ1) is 12.5. The number of aryl methyl sites for hydroxylation is 2. The zero-order valence-corrected chi connectivity index (χ0v) is 17.5. The third-order valence-corrected chi connectivity index (χ3v) is 5.74. The molecule has 1 N–H and O–H groups in total. The molecule has 3 rings (SSSR count). The van der Waals surface area contributed by atoms with E-state index < -0.39 is 0 Å². The average Bonchev–Trinajstić information content (AvgIpc) is 2.66. The molecule has 0 aliphatic carbocycles. The summed E-state index contributed by atoms with van der Waals surface area (Å²) in [5.41, 5.74) is 2.95. The molecular weight excluding hydrogens is 362 g/mol. The lowest BCUT2D eigenvalue weighted by atomic mass is 9.94. The van der Waals surface area contributed by atoms with Crippen molar-refractivity contribution in [2.45, 2.75) is 45.6 Å². The Labute approximate surface area is 168 Å². The van der Waals surface area contributed by atoms with E-state index in [-0.39, 0.29) is 30.1 Å². The highest BCUT2D eigenvalue weighted by Crippen LogP contribution is 2.23. The summed E-state index contributed by atoms with van der Waals surface area (Å²) in [7, 11) is 1.99. The van der Waals surface area contributed by atoms with Crippen molar-refractivity contribution in [3.63, 3.8) is 0 Å². The fourth-order valence-electron chi connectivity index (χ4n) is 4.29. The predicted octanol–water partition coefficient (Wildman–Crippen LogP) is 2.79. The monoisotopic (exact) mass is 393 g/mol. The number of carbonyl (C=O) groups excluding carboxylic acids is 2. The second-order valence-corrected chi connectivity index (χ2v) is 7.85. The molecule has 2 aliphatic heterocycles. The molecule has 2 aliphatic rings. The van der Waals surface area contributed by atoms with Crippen LogP contribution in [0.2, 0.25) is 0 Å². The van der Waals surface area contributed by atoms with E-state index in [2.05, 4.69) is 11.4 Å². The van der Waals surface area contributed by atoms with Crippen LogP contribution in [-0.2, 0) is 4.79 Å². The minimum Gasteiger partial charge on any atom is -0.342 e. The van der Waals surface area contributed by atoms with Crippen molar-refractivity contribution in [1.82, 2.24) is 15.1 Å². The molecule has 27 heavy (non-hydrogen) atoms. The van der Waals surface area contributed by atoms with Gasteiger partial charge in [0.05, 0.1) is 5.92 Å². The second-order valence-electron chi connectivity index (χ2n) is 7.85. The lowest BCUT2D eigenvalue weighted by Crippen LogP contribution is -2.50. The van der Waals surface area contributed by atoms with Crippen LogP contribution in [0, 0.1) is 19.8 Å². The molecule has 2 heterocycles. The van der Waals surface area contributed by atoms with Crippen LogP contribution in [0.3, 0.4) is 0 Å². The summed E-state index contributed by atoms with van der Waals surface area (Å²) in [6.45, 7) is 6.98. The maximum Gasteiger partial charge on any atom is 0.253 e. The third kappa shape index (κ3) is 5.23. The molecule has 1 aromatic carbocycles. The van der Waals surface area contributed by atoms with Gasteiger partial charge in [-0.25, -0.2) is 0 Å². The zero-order chi connectivity index (χ0) is 18.7. The molecule has 6 heteroatoms. The summed E-state index contributed by atoms with van der Waals surface area (Å²) in [4.78, 5) is 29.7. The lowest BCUT2D eigenvalue weighted by Gasteiger charge is -2.38. The maximum atomic E-state index is 12.9. The van der Waals surface area contributed by atoms with E-state index >= 15 is 0 Å². The number of piperidine rings is 2.